The Morgan fingerprint density at radius 2 is 1.43 bits per heavy atom. The van der Waals surface area contributed by atoms with Crippen LogP contribution < -0.4 is 4.74 Å². The molecular formula is C18H20F2O. The Hall–Kier alpha value is -1.90. The highest BCUT2D eigenvalue weighted by molar-refractivity contribution is 5.40. The van der Waals surface area contributed by atoms with Crippen molar-refractivity contribution < 1.29 is 13.5 Å². The summed E-state index contributed by atoms with van der Waals surface area (Å²) < 4.78 is 32.1. The van der Waals surface area contributed by atoms with Gasteiger partial charge in [-0.05, 0) is 49.2 Å². The molecule has 0 N–H and O–H groups in total. The lowest BCUT2D eigenvalue weighted by Gasteiger charge is -2.26. The van der Waals surface area contributed by atoms with E-state index < -0.39 is 17.0 Å². The maximum absolute atomic E-state index is 13.4. The van der Waals surface area contributed by atoms with Crippen LogP contribution in [0.15, 0.2) is 42.5 Å². The second-order valence-corrected chi connectivity index (χ2v) is 5.94. The number of rotatable bonds is 4. The average Bonchev–Trinajstić information content (AvgIpc) is 2.41. The van der Waals surface area contributed by atoms with Gasteiger partial charge < -0.3 is 4.74 Å². The molecule has 0 fully saturated rings. The summed E-state index contributed by atoms with van der Waals surface area (Å²) in [6.45, 7) is 7.91. The predicted molar refractivity (Wildman–Crippen MR) is 80.7 cm³/mol. The fraction of sp³-hybridized carbons (Fsp3) is 0.333. The normalized spacial score (nSPS) is 11.8. The minimum atomic E-state index is -0.824. The molecule has 0 atom stereocenters. The highest BCUT2D eigenvalue weighted by Gasteiger charge is 2.24. The molecule has 3 heteroatoms. The van der Waals surface area contributed by atoms with Gasteiger partial charge in [0.2, 0.25) is 0 Å². The molecule has 0 bridgehead atoms. The van der Waals surface area contributed by atoms with Crippen LogP contribution in [0.1, 0.15) is 38.8 Å². The molecule has 0 heterocycles. The smallest absolute Gasteiger partial charge is 0.159 e. The van der Waals surface area contributed by atoms with Gasteiger partial charge in [0.15, 0.2) is 11.6 Å². The first kappa shape index (κ1) is 15.5. The van der Waals surface area contributed by atoms with Crippen molar-refractivity contribution in [1.82, 2.24) is 0 Å². The van der Waals surface area contributed by atoms with Crippen molar-refractivity contribution in [3.8, 4) is 5.75 Å². The first-order valence-corrected chi connectivity index (χ1v) is 7.03. The number of hydrogen-bond acceptors (Lipinski definition) is 1. The van der Waals surface area contributed by atoms with E-state index in [1.165, 1.54) is 12.1 Å². The molecule has 2 aromatic rings. The first-order valence-electron chi connectivity index (χ1n) is 7.03. The topological polar surface area (TPSA) is 9.23 Å². The molecule has 0 spiro atoms. The van der Waals surface area contributed by atoms with Crippen molar-refractivity contribution in [2.45, 2.75) is 39.2 Å². The van der Waals surface area contributed by atoms with Crippen LogP contribution in [0.2, 0.25) is 0 Å². The highest BCUT2D eigenvalue weighted by atomic mass is 19.2. The van der Waals surface area contributed by atoms with Crippen molar-refractivity contribution in [2.75, 3.05) is 0 Å². The van der Waals surface area contributed by atoms with Gasteiger partial charge in [-0.15, -0.1) is 0 Å². The van der Waals surface area contributed by atoms with Gasteiger partial charge in [-0.3, -0.25) is 0 Å². The lowest BCUT2D eigenvalue weighted by atomic mass is 9.78. The quantitative estimate of drug-likeness (QED) is 0.763. The summed E-state index contributed by atoms with van der Waals surface area (Å²) in [5.41, 5.74) is 1.34. The zero-order valence-corrected chi connectivity index (χ0v) is 12.8. The molecule has 0 saturated heterocycles. The average molecular weight is 290 g/mol. The summed E-state index contributed by atoms with van der Waals surface area (Å²) in [5, 5.41) is 0. The van der Waals surface area contributed by atoms with E-state index in [0.717, 1.165) is 16.9 Å². The third-order valence-electron chi connectivity index (χ3n) is 3.59. The van der Waals surface area contributed by atoms with Gasteiger partial charge in [-0.2, -0.15) is 0 Å². The van der Waals surface area contributed by atoms with Gasteiger partial charge in [-0.1, -0.05) is 32.0 Å². The molecule has 1 nitrogen and oxygen atoms in total. The Morgan fingerprint density at radius 1 is 0.857 bits per heavy atom. The van der Waals surface area contributed by atoms with Gasteiger partial charge in [-0.25, -0.2) is 8.78 Å². The Balaban J connectivity index is 2.32. The molecule has 0 amide bonds. The third kappa shape index (κ3) is 3.41. The van der Waals surface area contributed by atoms with Crippen molar-refractivity contribution in [1.29, 1.82) is 0 Å². The third-order valence-corrected chi connectivity index (χ3v) is 3.59. The minimum Gasteiger partial charge on any atom is -0.491 e. The molecule has 21 heavy (non-hydrogen) atoms. The molecule has 0 aliphatic carbocycles. The van der Waals surface area contributed by atoms with E-state index >= 15 is 0 Å². The van der Waals surface area contributed by atoms with Gasteiger partial charge in [0.05, 0.1) is 6.10 Å². The maximum Gasteiger partial charge on any atom is 0.159 e. The standard InChI is InChI=1S/C18H20F2O/c1-12(2)21-15-8-5-13(6-9-15)18(3,4)14-7-10-16(19)17(20)11-14/h5-12H,1-4H3. The van der Waals surface area contributed by atoms with Crippen LogP contribution in [0, 0.1) is 11.6 Å². The number of ether oxygens (including phenoxy) is 1. The molecule has 0 aromatic heterocycles. The van der Waals surface area contributed by atoms with E-state index in [2.05, 4.69) is 0 Å². The van der Waals surface area contributed by atoms with Gasteiger partial charge in [0, 0.05) is 5.41 Å². The van der Waals surface area contributed by atoms with E-state index in [1.807, 2.05) is 52.0 Å². The van der Waals surface area contributed by atoms with Crippen molar-refractivity contribution >= 4 is 0 Å². The van der Waals surface area contributed by atoms with Crippen LogP contribution in [0.5, 0.6) is 5.75 Å². The van der Waals surface area contributed by atoms with Crippen LogP contribution in [0.4, 0.5) is 8.78 Å². The van der Waals surface area contributed by atoms with Gasteiger partial charge in [0.25, 0.3) is 0 Å². The maximum atomic E-state index is 13.4. The predicted octanol–water partition coefficient (Wildman–Crippen LogP) is 5.08. The van der Waals surface area contributed by atoms with Crippen LogP contribution in [-0.2, 0) is 5.41 Å². The summed E-state index contributed by atoms with van der Waals surface area (Å²) in [7, 11) is 0. The molecule has 112 valence electrons. The van der Waals surface area contributed by atoms with Crippen molar-refractivity contribution in [3.63, 3.8) is 0 Å². The van der Waals surface area contributed by atoms with Crippen LogP contribution >= 0.6 is 0 Å². The van der Waals surface area contributed by atoms with Crippen LogP contribution in [0.25, 0.3) is 0 Å². The summed E-state index contributed by atoms with van der Waals surface area (Å²) >= 11 is 0. The van der Waals surface area contributed by atoms with Crippen molar-refractivity contribution in [2.24, 2.45) is 0 Å². The van der Waals surface area contributed by atoms with Gasteiger partial charge >= 0.3 is 0 Å². The van der Waals surface area contributed by atoms with Crippen molar-refractivity contribution in [3.05, 3.63) is 65.2 Å². The molecule has 0 radical (unpaired) electrons. The molecule has 0 unspecified atom stereocenters. The number of benzene rings is 2. The molecule has 0 saturated carbocycles. The minimum absolute atomic E-state index is 0.120. The Bertz CT molecular complexity index is 616. The second-order valence-electron chi connectivity index (χ2n) is 5.94. The Kier molecular flexibility index (Phi) is 4.31. The largest absolute Gasteiger partial charge is 0.491 e. The Labute approximate surface area is 124 Å². The zero-order valence-electron chi connectivity index (χ0n) is 12.8. The molecular weight excluding hydrogens is 270 g/mol. The van der Waals surface area contributed by atoms with Crippen LogP contribution in [0.3, 0.4) is 0 Å². The van der Waals surface area contributed by atoms with Crippen LogP contribution in [-0.4, -0.2) is 6.10 Å². The first-order chi connectivity index (χ1) is 9.80. The number of halogens is 2. The Morgan fingerprint density at radius 3 is 1.95 bits per heavy atom. The summed E-state index contributed by atoms with van der Waals surface area (Å²) in [5.74, 6) is -0.842. The lowest BCUT2D eigenvalue weighted by Crippen LogP contribution is -2.19. The molecule has 0 aliphatic heterocycles. The van der Waals surface area contributed by atoms with Gasteiger partial charge in [0.1, 0.15) is 5.75 Å². The fourth-order valence-electron chi connectivity index (χ4n) is 2.27. The number of hydrogen-bond donors (Lipinski definition) is 0. The SMILES string of the molecule is CC(C)Oc1ccc(C(C)(C)c2ccc(F)c(F)c2)cc1. The lowest BCUT2D eigenvalue weighted by molar-refractivity contribution is 0.242. The van der Waals surface area contributed by atoms with E-state index in [-0.39, 0.29) is 6.10 Å². The summed E-state index contributed by atoms with van der Waals surface area (Å²) in [4.78, 5) is 0. The van der Waals surface area contributed by atoms with E-state index in [9.17, 15) is 8.78 Å². The molecule has 2 aromatic carbocycles. The summed E-state index contributed by atoms with van der Waals surface area (Å²) in [6, 6.07) is 11.8. The van der Waals surface area contributed by atoms with E-state index in [0.29, 0.717) is 0 Å². The second kappa shape index (κ2) is 5.84. The highest BCUT2D eigenvalue weighted by Crippen LogP contribution is 2.33. The molecule has 0 aliphatic rings. The molecule has 2 rings (SSSR count). The van der Waals surface area contributed by atoms with E-state index in [1.54, 1.807) is 6.07 Å². The summed E-state index contributed by atoms with van der Waals surface area (Å²) in [6.07, 6.45) is 0.120. The van der Waals surface area contributed by atoms with E-state index in [4.69, 9.17) is 4.74 Å². The fourth-order valence-corrected chi connectivity index (χ4v) is 2.27. The zero-order chi connectivity index (χ0) is 15.6. The monoisotopic (exact) mass is 290 g/mol.